The molecule has 0 aliphatic carbocycles. The van der Waals surface area contributed by atoms with E-state index >= 15 is 0 Å². The molecule has 2 N–H and O–H groups in total. The molecule has 3 nitrogen and oxygen atoms in total. The van der Waals surface area contributed by atoms with Gasteiger partial charge in [0.25, 0.3) is 5.91 Å². The average molecular weight is 404 g/mol. The van der Waals surface area contributed by atoms with Gasteiger partial charge < -0.3 is 10.2 Å². The number of benzene rings is 1. The lowest BCUT2D eigenvalue weighted by molar-refractivity contribution is -0.919. The van der Waals surface area contributed by atoms with Gasteiger partial charge in [0.1, 0.15) is 6.04 Å². The van der Waals surface area contributed by atoms with Crippen LogP contribution >= 0.6 is 34.3 Å². The first-order valence-corrected chi connectivity index (χ1v) is 10.8. The molecule has 2 aromatic heterocycles. The number of nitrogens with one attached hydrogen (secondary N) is 2. The zero-order valence-corrected chi connectivity index (χ0v) is 16.8. The Morgan fingerprint density at radius 2 is 2.12 bits per heavy atom. The van der Waals surface area contributed by atoms with Crippen LogP contribution in [0.1, 0.15) is 26.9 Å². The highest BCUT2D eigenvalue weighted by molar-refractivity contribution is 7.10. The van der Waals surface area contributed by atoms with Gasteiger partial charge in [-0.25, -0.2) is 0 Å². The van der Waals surface area contributed by atoms with E-state index in [4.69, 9.17) is 11.6 Å². The SMILES string of the molecule is Cc1c(Cl)cccc1NC(=O)C[NH+]1CCc2sccc2[C@@H]1c1cccs1. The predicted molar refractivity (Wildman–Crippen MR) is 110 cm³/mol. The Labute approximate surface area is 166 Å². The summed E-state index contributed by atoms with van der Waals surface area (Å²) < 4.78 is 0. The van der Waals surface area contributed by atoms with Gasteiger partial charge in [-0.2, -0.15) is 0 Å². The molecule has 0 radical (unpaired) electrons. The second kappa shape index (κ2) is 7.53. The zero-order valence-electron chi connectivity index (χ0n) is 14.4. The van der Waals surface area contributed by atoms with Gasteiger partial charge >= 0.3 is 0 Å². The van der Waals surface area contributed by atoms with E-state index in [-0.39, 0.29) is 11.9 Å². The lowest BCUT2D eigenvalue weighted by Gasteiger charge is -2.31. The van der Waals surface area contributed by atoms with Crippen LogP contribution in [-0.2, 0) is 11.2 Å². The third-order valence-electron chi connectivity index (χ3n) is 4.93. The van der Waals surface area contributed by atoms with Crippen molar-refractivity contribution in [2.45, 2.75) is 19.4 Å². The number of quaternary nitrogens is 1. The van der Waals surface area contributed by atoms with Crippen molar-refractivity contribution < 1.29 is 9.69 Å². The molecule has 1 aliphatic rings. The number of amides is 1. The molecule has 0 fully saturated rings. The molecular weight excluding hydrogens is 384 g/mol. The van der Waals surface area contributed by atoms with Crippen LogP contribution in [0.3, 0.4) is 0 Å². The molecule has 134 valence electrons. The van der Waals surface area contributed by atoms with Crippen molar-refractivity contribution >= 4 is 45.9 Å². The highest BCUT2D eigenvalue weighted by Crippen LogP contribution is 2.31. The molecule has 4 rings (SSSR count). The number of carbonyl (C=O) groups is 1. The lowest BCUT2D eigenvalue weighted by Crippen LogP contribution is -3.14. The van der Waals surface area contributed by atoms with Gasteiger partial charge in [-0.05, 0) is 47.5 Å². The minimum atomic E-state index is 0.0330. The van der Waals surface area contributed by atoms with Gasteiger partial charge in [0.2, 0.25) is 0 Å². The molecule has 2 atom stereocenters. The molecule has 1 aliphatic heterocycles. The van der Waals surface area contributed by atoms with Gasteiger partial charge in [-0.1, -0.05) is 23.7 Å². The summed E-state index contributed by atoms with van der Waals surface area (Å²) in [4.78, 5) is 16.8. The summed E-state index contributed by atoms with van der Waals surface area (Å²) >= 11 is 9.77. The van der Waals surface area contributed by atoms with Crippen LogP contribution in [-0.4, -0.2) is 19.0 Å². The predicted octanol–water partition coefficient (Wildman–Crippen LogP) is 3.94. The number of hydrogen-bond acceptors (Lipinski definition) is 3. The van der Waals surface area contributed by atoms with Gasteiger partial charge in [0, 0.05) is 27.6 Å². The number of anilines is 1. The highest BCUT2D eigenvalue weighted by atomic mass is 35.5. The van der Waals surface area contributed by atoms with E-state index in [9.17, 15) is 4.79 Å². The molecule has 0 saturated carbocycles. The van der Waals surface area contributed by atoms with Crippen molar-refractivity contribution in [3.8, 4) is 0 Å². The van der Waals surface area contributed by atoms with Crippen molar-refractivity contribution in [1.29, 1.82) is 0 Å². The minimum Gasteiger partial charge on any atom is -0.321 e. The molecule has 1 aromatic carbocycles. The fourth-order valence-electron chi connectivity index (χ4n) is 3.59. The van der Waals surface area contributed by atoms with E-state index in [0.29, 0.717) is 11.6 Å². The number of carbonyl (C=O) groups excluding carboxylic acids is 1. The fraction of sp³-hybridized carbons (Fsp3) is 0.250. The molecule has 1 unspecified atom stereocenters. The van der Waals surface area contributed by atoms with Crippen LogP contribution in [0.2, 0.25) is 5.02 Å². The van der Waals surface area contributed by atoms with E-state index in [2.05, 4.69) is 34.3 Å². The normalized spacial score (nSPS) is 19.2. The largest absolute Gasteiger partial charge is 0.321 e. The lowest BCUT2D eigenvalue weighted by atomic mass is 9.98. The Balaban J connectivity index is 1.55. The van der Waals surface area contributed by atoms with E-state index in [1.165, 1.54) is 20.2 Å². The zero-order chi connectivity index (χ0) is 18.1. The van der Waals surface area contributed by atoms with Crippen LogP contribution < -0.4 is 10.2 Å². The van der Waals surface area contributed by atoms with Crippen molar-refractivity contribution in [3.05, 3.63) is 73.1 Å². The third kappa shape index (κ3) is 3.45. The number of hydrogen-bond donors (Lipinski definition) is 2. The molecule has 0 bridgehead atoms. The maximum absolute atomic E-state index is 12.7. The van der Waals surface area contributed by atoms with E-state index in [1.807, 2.05) is 36.5 Å². The van der Waals surface area contributed by atoms with Gasteiger partial charge in [0.05, 0.1) is 11.4 Å². The van der Waals surface area contributed by atoms with Crippen LogP contribution in [0.25, 0.3) is 0 Å². The second-order valence-electron chi connectivity index (χ2n) is 6.54. The van der Waals surface area contributed by atoms with Crippen molar-refractivity contribution in [2.75, 3.05) is 18.4 Å². The number of thiophene rings is 2. The van der Waals surface area contributed by atoms with E-state index in [0.717, 1.165) is 24.2 Å². The number of halogens is 1. The van der Waals surface area contributed by atoms with E-state index in [1.54, 1.807) is 11.3 Å². The molecule has 0 saturated heterocycles. The molecule has 1 amide bonds. The summed E-state index contributed by atoms with van der Waals surface area (Å²) in [5, 5.41) is 8.00. The molecule has 0 spiro atoms. The summed E-state index contributed by atoms with van der Waals surface area (Å²) in [6.07, 6.45) is 1.04. The van der Waals surface area contributed by atoms with E-state index < -0.39 is 0 Å². The van der Waals surface area contributed by atoms with Gasteiger partial charge in [0.15, 0.2) is 6.54 Å². The Morgan fingerprint density at radius 1 is 1.23 bits per heavy atom. The summed E-state index contributed by atoms with van der Waals surface area (Å²) in [5.74, 6) is 0.0330. The Morgan fingerprint density at radius 3 is 2.92 bits per heavy atom. The van der Waals surface area contributed by atoms with Gasteiger partial charge in [-0.15, -0.1) is 22.7 Å². The Hall–Kier alpha value is -1.66. The maximum atomic E-state index is 12.7. The number of rotatable bonds is 4. The molecule has 3 heterocycles. The minimum absolute atomic E-state index is 0.0330. The molecule has 26 heavy (non-hydrogen) atoms. The smallest absolute Gasteiger partial charge is 0.279 e. The van der Waals surface area contributed by atoms with Crippen molar-refractivity contribution in [1.82, 2.24) is 0 Å². The summed E-state index contributed by atoms with van der Waals surface area (Å²) in [5.41, 5.74) is 3.08. The Kier molecular flexibility index (Phi) is 5.14. The molecule has 6 heteroatoms. The quantitative estimate of drug-likeness (QED) is 0.679. The first-order chi connectivity index (χ1) is 12.6. The van der Waals surface area contributed by atoms with Crippen molar-refractivity contribution in [2.24, 2.45) is 0 Å². The second-order valence-corrected chi connectivity index (χ2v) is 8.93. The monoisotopic (exact) mass is 403 g/mol. The van der Waals surface area contributed by atoms with Crippen LogP contribution in [0.5, 0.6) is 0 Å². The fourth-order valence-corrected chi connectivity index (χ4v) is 5.59. The summed E-state index contributed by atoms with van der Waals surface area (Å²) in [6.45, 7) is 3.35. The molecule has 3 aromatic rings. The van der Waals surface area contributed by atoms with Crippen LogP contribution in [0.15, 0.2) is 47.2 Å². The average Bonchev–Trinajstić information content (AvgIpc) is 3.30. The summed E-state index contributed by atoms with van der Waals surface area (Å²) in [7, 11) is 0. The van der Waals surface area contributed by atoms with Crippen molar-refractivity contribution in [3.63, 3.8) is 0 Å². The standard InChI is InChI=1S/C20H19ClN2OS2/c1-13-15(21)4-2-5-16(13)22-19(24)12-23-9-7-17-14(8-11-26-17)20(23)18-6-3-10-25-18/h2-6,8,10-11,20H,7,9,12H2,1H3,(H,22,24)/p+1/t20-/m1/s1. The maximum Gasteiger partial charge on any atom is 0.279 e. The van der Waals surface area contributed by atoms with Gasteiger partial charge in [-0.3, -0.25) is 4.79 Å². The molecular formula is C20H20ClN2OS2+. The third-order valence-corrected chi connectivity index (χ3v) is 7.27. The Bertz CT molecular complexity index is 920. The number of fused-ring (bicyclic) bond motifs is 1. The summed E-state index contributed by atoms with van der Waals surface area (Å²) in [6, 6.07) is 12.4. The topological polar surface area (TPSA) is 33.5 Å². The van der Waals surface area contributed by atoms with Crippen LogP contribution in [0, 0.1) is 6.92 Å². The van der Waals surface area contributed by atoms with Crippen LogP contribution in [0.4, 0.5) is 5.69 Å². The first kappa shape index (κ1) is 17.7. The first-order valence-electron chi connectivity index (χ1n) is 8.62. The highest BCUT2D eigenvalue weighted by Gasteiger charge is 2.35.